The van der Waals surface area contributed by atoms with Gasteiger partial charge in [-0.05, 0) is 72.5 Å². The Bertz CT molecular complexity index is 1110. The van der Waals surface area contributed by atoms with Crippen molar-refractivity contribution >= 4 is 41.0 Å². The molecule has 3 aromatic carbocycles. The first-order chi connectivity index (χ1) is 14.4. The fraction of sp³-hybridized carbons (Fsp3) is 0.167. The van der Waals surface area contributed by atoms with E-state index in [1.54, 1.807) is 18.2 Å². The molecule has 1 N–H and O–H groups in total. The average molecular weight is 438 g/mol. The van der Waals surface area contributed by atoms with E-state index < -0.39 is 0 Å². The number of hydrazone groups is 1. The normalized spacial score (nSPS) is 13.0. The third kappa shape index (κ3) is 4.35. The Balaban J connectivity index is 1.40. The lowest BCUT2D eigenvalue weighted by Crippen LogP contribution is -2.18. The molecule has 3 aromatic rings. The molecule has 0 fully saturated rings. The molecule has 152 valence electrons. The van der Waals surface area contributed by atoms with E-state index in [-0.39, 0.29) is 5.91 Å². The van der Waals surface area contributed by atoms with Gasteiger partial charge in [0.25, 0.3) is 5.91 Å². The van der Waals surface area contributed by atoms with Crippen molar-refractivity contribution in [3.05, 3.63) is 98.0 Å². The Morgan fingerprint density at radius 3 is 2.20 bits per heavy atom. The first-order valence-electron chi connectivity index (χ1n) is 9.63. The van der Waals surface area contributed by atoms with Crippen molar-refractivity contribution in [3.8, 4) is 0 Å². The highest BCUT2D eigenvalue weighted by molar-refractivity contribution is 6.36. The van der Waals surface area contributed by atoms with Crippen LogP contribution in [0.4, 0.5) is 5.69 Å². The van der Waals surface area contributed by atoms with E-state index in [1.807, 2.05) is 24.3 Å². The van der Waals surface area contributed by atoms with E-state index in [0.29, 0.717) is 21.2 Å². The molecule has 0 spiro atoms. The number of benzene rings is 3. The van der Waals surface area contributed by atoms with Crippen molar-refractivity contribution in [3.63, 3.8) is 0 Å². The van der Waals surface area contributed by atoms with Crippen LogP contribution in [0.2, 0.25) is 10.0 Å². The number of halogens is 2. The van der Waals surface area contributed by atoms with Crippen LogP contribution in [0, 0.1) is 13.8 Å². The molecule has 1 heterocycles. The van der Waals surface area contributed by atoms with Gasteiger partial charge in [0.2, 0.25) is 0 Å². The SMILES string of the molecule is Cc1cc2c(cc1C)CN(c1ccc(C(=O)N/N=C\c3ccc(Cl)cc3Cl)cc1)C2. The lowest BCUT2D eigenvalue weighted by atomic mass is 10.0. The molecule has 1 aliphatic rings. The standard InChI is InChI=1S/C24H21Cl2N3O/c1-15-9-19-13-29(14-20(19)10-16(15)2)22-7-4-17(5-8-22)24(30)28-27-12-18-3-6-21(25)11-23(18)26/h3-12H,13-14H2,1-2H3,(H,28,30)/b27-12-. The molecule has 6 heteroatoms. The zero-order valence-corrected chi connectivity index (χ0v) is 18.3. The number of anilines is 1. The number of fused-ring (bicyclic) bond motifs is 1. The predicted octanol–water partition coefficient (Wildman–Crippen LogP) is 5.89. The molecule has 1 aliphatic heterocycles. The number of amides is 1. The molecule has 4 rings (SSSR count). The van der Waals surface area contributed by atoms with Crippen molar-refractivity contribution in [1.29, 1.82) is 0 Å². The van der Waals surface area contributed by atoms with E-state index in [4.69, 9.17) is 23.2 Å². The number of hydrogen-bond acceptors (Lipinski definition) is 3. The van der Waals surface area contributed by atoms with E-state index in [9.17, 15) is 4.79 Å². The van der Waals surface area contributed by atoms with E-state index >= 15 is 0 Å². The highest BCUT2D eigenvalue weighted by Crippen LogP contribution is 2.30. The minimum atomic E-state index is -0.279. The summed E-state index contributed by atoms with van der Waals surface area (Å²) in [6.45, 7) is 6.06. The molecule has 0 aromatic heterocycles. The van der Waals surface area contributed by atoms with Crippen LogP contribution in [0.25, 0.3) is 0 Å². The molecule has 0 bridgehead atoms. The summed E-state index contributed by atoms with van der Waals surface area (Å²) in [6.07, 6.45) is 1.50. The molecule has 0 aliphatic carbocycles. The van der Waals surface area contributed by atoms with Gasteiger partial charge in [-0.3, -0.25) is 4.79 Å². The monoisotopic (exact) mass is 437 g/mol. The van der Waals surface area contributed by atoms with Crippen LogP contribution in [0.5, 0.6) is 0 Å². The largest absolute Gasteiger partial charge is 0.363 e. The summed E-state index contributed by atoms with van der Waals surface area (Å²) < 4.78 is 0. The van der Waals surface area contributed by atoms with Gasteiger partial charge in [-0.1, -0.05) is 41.4 Å². The highest BCUT2D eigenvalue weighted by atomic mass is 35.5. The first-order valence-corrected chi connectivity index (χ1v) is 10.4. The lowest BCUT2D eigenvalue weighted by molar-refractivity contribution is 0.0955. The van der Waals surface area contributed by atoms with E-state index in [2.05, 4.69) is 41.4 Å². The minimum Gasteiger partial charge on any atom is -0.363 e. The average Bonchev–Trinajstić information content (AvgIpc) is 3.12. The molecule has 0 atom stereocenters. The molecule has 0 unspecified atom stereocenters. The summed E-state index contributed by atoms with van der Waals surface area (Å²) in [6, 6.07) is 17.2. The number of hydrogen-bond donors (Lipinski definition) is 1. The van der Waals surface area contributed by atoms with Crippen LogP contribution in [0.15, 0.2) is 59.7 Å². The lowest BCUT2D eigenvalue weighted by Gasteiger charge is -2.17. The van der Waals surface area contributed by atoms with Crippen LogP contribution in [0.3, 0.4) is 0 Å². The molecule has 0 radical (unpaired) electrons. The van der Waals surface area contributed by atoms with Gasteiger partial charge < -0.3 is 4.90 Å². The second-order valence-corrected chi connectivity index (χ2v) is 8.32. The summed E-state index contributed by atoms with van der Waals surface area (Å²) in [5, 5.41) is 5.01. The second kappa shape index (κ2) is 8.50. The third-order valence-electron chi connectivity index (χ3n) is 5.37. The number of carbonyl (C=O) groups is 1. The minimum absolute atomic E-state index is 0.279. The van der Waals surface area contributed by atoms with E-state index in [1.165, 1.54) is 28.5 Å². The quantitative estimate of drug-likeness (QED) is 0.408. The first kappa shape index (κ1) is 20.5. The zero-order chi connectivity index (χ0) is 21.3. The number of carbonyl (C=O) groups excluding carboxylic acids is 1. The maximum atomic E-state index is 12.4. The Morgan fingerprint density at radius 1 is 0.967 bits per heavy atom. The van der Waals surface area contributed by atoms with Crippen molar-refractivity contribution in [1.82, 2.24) is 5.43 Å². The van der Waals surface area contributed by atoms with Gasteiger partial charge in [-0.25, -0.2) is 5.43 Å². The van der Waals surface area contributed by atoms with Gasteiger partial charge in [0.1, 0.15) is 0 Å². The summed E-state index contributed by atoms with van der Waals surface area (Å²) >= 11 is 12.0. The van der Waals surface area contributed by atoms with Crippen LogP contribution < -0.4 is 10.3 Å². The molecular formula is C24H21Cl2N3O. The van der Waals surface area contributed by atoms with Crippen LogP contribution in [0.1, 0.15) is 38.2 Å². The van der Waals surface area contributed by atoms with E-state index in [0.717, 1.165) is 18.8 Å². The summed E-state index contributed by atoms with van der Waals surface area (Å²) in [5.41, 5.74) is 10.2. The molecule has 1 amide bonds. The molecule has 0 saturated carbocycles. The zero-order valence-electron chi connectivity index (χ0n) is 16.7. The van der Waals surface area contributed by atoms with Crippen LogP contribution >= 0.6 is 23.2 Å². The number of rotatable bonds is 4. The van der Waals surface area contributed by atoms with Crippen LogP contribution in [-0.2, 0) is 13.1 Å². The Kier molecular flexibility index (Phi) is 5.80. The van der Waals surface area contributed by atoms with Gasteiger partial charge in [0, 0.05) is 34.9 Å². The second-order valence-electron chi connectivity index (χ2n) is 7.47. The maximum Gasteiger partial charge on any atom is 0.271 e. The predicted molar refractivity (Wildman–Crippen MR) is 124 cm³/mol. The molecular weight excluding hydrogens is 417 g/mol. The smallest absolute Gasteiger partial charge is 0.271 e. The van der Waals surface area contributed by atoms with Gasteiger partial charge in [0.15, 0.2) is 0 Å². The summed E-state index contributed by atoms with van der Waals surface area (Å²) in [4.78, 5) is 14.7. The Hall–Kier alpha value is -2.82. The fourth-order valence-electron chi connectivity index (χ4n) is 3.53. The van der Waals surface area contributed by atoms with Gasteiger partial charge in [-0.2, -0.15) is 5.10 Å². The van der Waals surface area contributed by atoms with Crippen molar-refractivity contribution in [2.75, 3.05) is 4.90 Å². The Labute approximate surface area is 186 Å². The maximum absolute atomic E-state index is 12.4. The fourth-order valence-corrected chi connectivity index (χ4v) is 3.99. The summed E-state index contributed by atoms with van der Waals surface area (Å²) in [7, 11) is 0. The third-order valence-corrected chi connectivity index (χ3v) is 5.93. The Morgan fingerprint density at radius 2 is 1.60 bits per heavy atom. The molecule has 0 saturated heterocycles. The molecule has 4 nitrogen and oxygen atoms in total. The van der Waals surface area contributed by atoms with Gasteiger partial charge in [-0.15, -0.1) is 0 Å². The topological polar surface area (TPSA) is 44.7 Å². The van der Waals surface area contributed by atoms with Crippen LogP contribution in [-0.4, -0.2) is 12.1 Å². The highest BCUT2D eigenvalue weighted by Gasteiger charge is 2.20. The van der Waals surface area contributed by atoms with Crippen molar-refractivity contribution in [2.24, 2.45) is 5.10 Å². The summed E-state index contributed by atoms with van der Waals surface area (Å²) in [5.74, 6) is -0.279. The van der Waals surface area contributed by atoms with Crippen molar-refractivity contribution < 1.29 is 4.79 Å². The molecule has 30 heavy (non-hydrogen) atoms. The van der Waals surface area contributed by atoms with Gasteiger partial charge in [0.05, 0.1) is 11.2 Å². The van der Waals surface area contributed by atoms with Gasteiger partial charge >= 0.3 is 0 Å². The number of nitrogens with one attached hydrogen (secondary N) is 1. The number of aryl methyl sites for hydroxylation is 2. The van der Waals surface area contributed by atoms with Crippen molar-refractivity contribution in [2.45, 2.75) is 26.9 Å². The number of nitrogens with zero attached hydrogens (tertiary/aromatic N) is 2.